The van der Waals surface area contributed by atoms with Crippen LogP contribution in [0, 0.1) is 5.41 Å². The molecule has 0 unspecified atom stereocenters. The lowest BCUT2D eigenvalue weighted by atomic mass is 9.73. The van der Waals surface area contributed by atoms with Crippen LogP contribution in [0.4, 0.5) is 5.82 Å². The molecule has 2 aliphatic rings. The van der Waals surface area contributed by atoms with Crippen molar-refractivity contribution in [2.45, 2.75) is 45.4 Å². The lowest BCUT2D eigenvalue weighted by molar-refractivity contribution is 0.184. The molecule has 5 heteroatoms. The molecule has 0 atom stereocenters. The summed E-state index contributed by atoms with van der Waals surface area (Å²) in [6.07, 6.45) is 9.58. The van der Waals surface area contributed by atoms with E-state index in [4.69, 9.17) is 0 Å². The number of likely N-dealkylation sites (tertiary alicyclic amines) is 1. The molecular formula is C19H29N5. The van der Waals surface area contributed by atoms with Crippen molar-refractivity contribution < 1.29 is 0 Å². The fourth-order valence-corrected chi connectivity index (χ4v) is 4.45. The summed E-state index contributed by atoms with van der Waals surface area (Å²) in [4.78, 5) is 9.71. The summed E-state index contributed by atoms with van der Waals surface area (Å²) in [5.74, 6) is 1.22. The maximum Gasteiger partial charge on any atom is 0.157 e. The minimum atomic E-state index is 0.575. The molecule has 0 amide bonds. The van der Waals surface area contributed by atoms with Gasteiger partial charge in [-0.2, -0.15) is 9.61 Å². The molecule has 1 spiro atoms. The fourth-order valence-electron chi connectivity index (χ4n) is 4.45. The van der Waals surface area contributed by atoms with Gasteiger partial charge in [-0.3, -0.25) is 0 Å². The smallest absolute Gasteiger partial charge is 0.157 e. The van der Waals surface area contributed by atoms with Crippen LogP contribution in [0.5, 0.6) is 0 Å². The maximum absolute atomic E-state index is 4.68. The van der Waals surface area contributed by atoms with Crippen molar-refractivity contribution in [1.29, 1.82) is 0 Å². The fraction of sp³-hybridized carbons (Fsp3) is 0.684. The number of hydrogen-bond acceptors (Lipinski definition) is 4. The topological polar surface area (TPSA) is 36.7 Å². The Morgan fingerprint density at radius 3 is 2.67 bits per heavy atom. The monoisotopic (exact) mass is 327 g/mol. The van der Waals surface area contributed by atoms with Crippen molar-refractivity contribution in [3.05, 3.63) is 24.0 Å². The summed E-state index contributed by atoms with van der Waals surface area (Å²) in [6.45, 7) is 6.99. The predicted octanol–water partition coefficient (Wildman–Crippen LogP) is 2.99. The predicted molar refractivity (Wildman–Crippen MR) is 97.6 cm³/mol. The first kappa shape index (κ1) is 15.9. The number of anilines is 1. The van der Waals surface area contributed by atoms with Crippen LogP contribution in [0.15, 0.2) is 18.3 Å². The van der Waals surface area contributed by atoms with E-state index in [1.54, 1.807) is 0 Å². The SMILES string of the molecule is CCc1cc(N2CCC3(CCCN(C)CC3)CC2)n2nccc2n1. The number of hydrogen-bond donors (Lipinski definition) is 0. The number of aromatic nitrogens is 3. The van der Waals surface area contributed by atoms with Gasteiger partial charge in [-0.15, -0.1) is 0 Å². The molecule has 0 aliphatic carbocycles. The molecule has 0 radical (unpaired) electrons. The van der Waals surface area contributed by atoms with E-state index in [9.17, 15) is 0 Å². The van der Waals surface area contributed by atoms with Crippen LogP contribution >= 0.6 is 0 Å². The molecule has 2 aromatic heterocycles. The summed E-state index contributed by atoms with van der Waals surface area (Å²) in [6, 6.07) is 4.24. The molecule has 2 aromatic rings. The van der Waals surface area contributed by atoms with Crippen LogP contribution in [0.2, 0.25) is 0 Å². The van der Waals surface area contributed by atoms with E-state index in [2.05, 4.69) is 39.9 Å². The van der Waals surface area contributed by atoms with E-state index in [1.807, 2.05) is 16.8 Å². The molecule has 0 saturated carbocycles. The van der Waals surface area contributed by atoms with E-state index in [0.29, 0.717) is 5.41 Å². The van der Waals surface area contributed by atoms with Gasteiger partial charge in [0, 0.05) is 30.9 Å². The first-order valence-corrected chi connectivity index (χ1v) is 9.46. The zero-order valence-corrected chi connectivity index (χ0v) is 15.0. The van der Waals surface area contributed by atoms with E-state index < -0.39 is 0 Å². The van der Waals surface area contributed by atoms with Gasteiger partial charge in [-0.25, -0.2) is 4.98 Å². The summed E-state index contributed by atoms with van der Waals surface area (Å²) in [7, 11) is 2.27. The number of piperidine rings is 1. The summed E-state index contributed by atoms with van der Waals surface area (Å²) in [5.41, 5.74) is 2.71. The Bertz CT molecular complexity index is 699. The molecular weight excluding hydrogens is 298 g/mol. The summed E-state index contributed by atoms with van der Waals surface area (Å²) < 4.78 is 2.01. The van der Waals surface area contributed by atoms with Gasteiger partial charge in [0.1, 0.15) is 5.82 Å². The molecule has 5 nitrogen and oxygen atoms in total. The van der Waals surface area contributed by atoms with E-state index >= 15 is 0 Å². The Morgan fingerprint density at radius 1 is 1.08 bits per heavy atom. The molecule has 0 aromatic carbocycles. The van der Waals surface area contributed by atoms with Crippen molar-refractivity contribution in [2.24, 2.45) is 5.41 Å². The largest absolute Gasteiger partial charge is 0.356 e. The molecule has 0 bridgehead atoms. The average molecular weight is 327 g/mol. The van der Waals surface area contributed by atoms with Gasteiger partial charge < -0.3 is 9.80 Å². The Labute approximate surface area is 144 Å². The van der Waals surface area contributed by atoms with Gasteiger partial charge in [-0.05, 0) is 64.1 Å². The van der Waals surface area contributed by atoms with Gasteiger partial charge in [0.15, 0.2) is 5.65 Å². The minimum absolute atomic E-state index is 0.575. The number of rotatable bonds is 2. The van der Waals surface area contributed by atoms with Gasteiger partial charge >= 0.3 is 0 Å². The Hall–Kier alpha value is -1.62. The molecule has 2 aliphatic heterocycles. The van der Waals surface area contributed by atoms with Crippen molar-refractivity contribution in [3.8, 4) is 0 Å². The summed E-state index contributed by atoms with van der Waals surface area (Å²) >= 11 is 0. The van der Waals surface area contributed by atoms with Crippen molar-refractivity contribution in [1.82, 2.24) is 19.5 Å². The lowest BCUT2D eigenvalue weighted by Gasteiger charge is -2.42. The van der Waals surface area contributed by atoms with E-state index in [-0.39, 0.29) is 0 Å². The highest BCUT2D eigenvalue weighted by Crippen LogP contribution is 2.42. The van der Waals surface area contributed by atoms with E-state index in [1.165, 1.54) is 51.0 Å². The molecule has 130 valence electrons. The minimum Gasteiger partial charge on any atom is -0.356 e. The van der Waals surface area contributed by atoms with Crippen molar-refractivity contribution in [2.75, 3.05) is 38.1 Å². The molecule has 0 N–H and O–H groups in total. The zero-order chi connectivity index (χ0) is 16.6. The van der Waals surface area contributed by atoms with E-state index in [0.717, 1.165) is 30.9 Å². The quantitative estimate of drug-likeness (QED) is 0.850. The van der Waals surface area contributed by atoms with Crippen LogP contribution in [-0.4, -0.2) is 52.7 Å². The second-order valence-corrected chi connectivity index (χ2v) is 7.70. The van der Waals surface area contributed by atoms with Gasteiger partial charge in [0.2, 0.25) is 0 Å². The van der Waals surface area contributed by atoms with Gasteiger partial charge in [-0.1, -0.05) is 6.92 Å². The maximum atomic E-state index is 4.68. The highest BCUT2D eigenvalue weighted by atomic mass is 15.3. The first-order valence-electron chi connectivity index (χ1n) is 9.46. The molecule has 4 rings (SSSR count). The molecule has 4 heterocycles. The number of aryl methyl sites for hydroxylation is 1. The average Bonchev–Trinajstić information content (AvgIpc) is 3.01. The normalized spacial score (nSPS) is 22.2. The second-order valence-electron chi connectivity index (χ2n) is 7.70. The highest BCUT2D eigenvalue weighted by Gasteiger charge is 2.36. The first-order chi connectivity index (χ1) is 11.7. The summed E-state index contributed by atoms with van der Waals surface area (Å²) in [5, 5.41) is 4.50. The Morgan fingerprint density at radius 2 is 1.88 bits per heavy atom. The van der Waals surface area contributed by atoms with Gasteiger partial charge in [0.25, 0.3) is 0 Å². The second kappa shape index (κ2) is 6.36. The van der Waals surface area contributed by atoms with Crippen LogP contribution in [0.25, 0.3) is 5.65 Å². The van der Waals surface area contributed by atoms with Crippen LogP contribution in [0.3, 0.4) is 0 Å². The molecule has 24 heavy (non-hydrogen) atoms. The lowest BCUT2D eigenvalue weighted by Crippen LogP contribution is -2.41. The number of nitrogens with zero attached hydrogens (tertiary/aromatic N) is 5. The van der Waals surface area contributed by atoms with Crippen molar-refractivity contribution in [3.63, 3.8) is 0 Å². The van der Waals surface area contributed by atoms with Crippen LogP contribution < -0.4 is 4.90 Å². The zero-order valence-electron chi connectivity index (χ0n) is 15.0. The third-order valence-electron chi connectivity index (χ3n) is 6.17. The van der Waals surface area contributed by atoms with Crippen LogP contribution in [0.1, 0.15) is 44.7 Å². The number of fused-ring (bicyclic) bond motifs is 1. The molecule has 2 saturated heterocycles. The molecule has 2 fully saturated rings. The van der Waals surface area contributed by atoms with Gasteiger partial charge in [0.05, 0.1) is 6.20 Å². The Kier molecular flexibility index (Phi) is 4.21. The third kappa shape index (κ3) is 2.90. The van der Waals surface area contributed by atoms with Crippen LogP contribution in [-0.2, 0) is 6.42 Å². The highest BCUT2D eigenvalue weighted by molar-refractivity contribution is 5.51. The third-order valence-corrected chi connectivity index (χ3v) is 6.17. The Balaban J connectivity index is 1.54. The van der Waals surface area contributed by atoms with Crippen molar-refractivity contribution >= 4 is 11.5 Å². The standard InChI is InChI=1S/C19H29N5/c1-3-16-15-18(24-17(21-16)5-10-20-24)23-13-8-19(9-14-23)6-4-11-22(2)12-7-19/h5,10,15H,3-4,6-9,11-14H2,1-2H3.